The van der Waals surface area contributed by atoms with E-state index in [-0.39, 0.29) is 5.91 Å². The van der Waals surface area contributed by atoms with Crippen molar-refractivity contribution in [3.8, 4) is 11.3 Å². The molecular weight excluding hydrogens is 502 g/mol. The minimum absolute atomic E-state index is 0.190. The first kappa shape index (κ1) is 26.3. The number of hydrogen-bond acceptors (Lipinski definition) is 6. The van der Waals surface area contributed by atoms with Gasteiger partial charge in [0.25, 0.3) is 0 Å². The molecule has 1 amide bonds. The Bertz CT molecular complexity index is 1510. The molecule has 1 aromatic carbocycles. The fourth-order valence-corrected chi connectivity index (χ4v) is 5.83. The summed E-state index contributed by atoms with van der Waals surface area (Å²) in [6.45, 7) is 8.55. The van der Waals surface area contributed by atoms with Gasteiger partial charge in [0, 0.05) is 31.4 Å². The molecule has 40 heavy (non-hydrogen) atoms. The number of fused-ring (bicyclic) bond motifs is 3. The summed E-state index contributed by atoms with van der Waals surface area (Å²) in [6, 6.07) is 8.86. The van der Waals surface area contributed by atoms with Crippen molar-refractivity contribution in [1.29, 1.82) is 0 Å². The van der Waals surface area contributed by atoms with Crippen molar-refractivity contribution < 1.29 is 4.79 Å². The van der Waals surface area contributed by atoms with E-state index in [0.29, 0.717) is 19.6 Å². The van der Waals surface area contributed by atoms with E-state index in [1.165, 1.54) is 40.9 Å². The van der Waals surface area contributed by atoms with Gasteiger partial charge in [0.05, 0.1) is 42.9 Å². The Kier molecular flexibility index (Phi) is 7.18. The number of amides is 1. The highest BCUT2D eigenvalue weighted by molar-refractivity contribution is 5.78. The number of carbonyl (C=O) groups is 1. The minimum Gasteiger partial charge on any atom is -0.355 e. The number of carbonyl (C=O) groups excluding carboxylic acids is 1. The molecule has 0 spiro atoms. The molecular formula is C30H39N9O. The molecule has 210 valence electrons. The lowest BCUT2D eigenvalue weighted by Gasteiger charge is -2.30. The number of anilines is 2. The Balaban J connectivity index is 1.17. The molecule has 4 aromatic rings. The van der Waals surface area contributed by atoms with E-state index in [2.05, 4.69) is 62.0 Å². The zero-order valence-electron chi connectivity index (χ0n) is 24.0. The Morgan fingerprint density at radius 1 is 1.10 bits per heavy atom. The van der Waals surface area contributed by atoms with Crippen LogP contribution in [0, 0.1) is 6.92 Å². The van der Waals surface area contributed by atoms with Gasteiger partial charge in [-0.05, 0) is 56.6 Å². The summed E-state index contributed by atoms with van der Waals surface area (Å²) >= 11 is 0. The summed E-state index contributed by atoms with van der Waals surface area (Å²) in [5.41, 5.74) is 8.32. The van der Waals surface area contributed by atoms with E-state index in [4.69, 9.17) is 5.10 Å². The van der Waals surface area contributed by atoms with E-state index in [1.807, 2.05) is 41.7 Å². The molecule has 10 nitrogen and oxygen atoms in total. The number of aromatic nitrogens is 6. The van der Waals surface area contributed by atoms with Crippen molar-refractivity contribution in [2.45, 2.75) is 59.2 Å². The van der Waals surface area contributed by atoms with Gasteiger partial charge in [-0.1, -0.05) is 38.0 Å². The van der Waals surface area contributed by atoms with Crippen LogP contribution in [0.4, 0.5) is 11.6 Å². The van der Waals surface area contributed by atoms with Crippen LogP contribution >= 0.6 is 0 Å². The van der Waals surface area contributed by atoms with Gasteiger partial charge in [0.2, 0.25) is 11.9 Å². The number of nitrogens with one attached hydrogen (secondary N) is 1. The van der Waals surface area contributed by atoms with Crippen LogP contribution in [0.15, 0.2) is 36.7 Å². The zero-order chi connectivity index (χ0) is 27.8. The monoisotopic (exact) mass is 541 g/mol. The second kappa shape index (κ2) is 10.9. The van der Waals surface area contributed by atoms with Gasteiger partial charge < -0.3 is 19.7 Å². The van der Waals surface area contributed by atoms with Crippen molar-refractivity contribution in [2.24, 2.45) is 0 Å². The molecule has 0 saturated carbocycles. The van der Waals surface area contributed by atoms with Crippen molar-refractivity contribution in [3.63, 3.8) is 0 Å². The quantitative estimate of drug-likeness (QED) is 0.323. The van der Waals surface area contributed by atoms with E-state index < -0.39 is 0 Å². The summed E-state index contributed by atoms with van der Waals surface area (Å²) in [5, 5.41) is 13.5. The van der Waals surface area contributed by atoms with Gasteiger partial charge in [-0.2, -0.15) is 5.10 Å². The number of H-pyrrole nitrogens is 1. The highest BCUT2D eigenvalue weighted by Crippen LogP contribution is 2.37. The largest absolute Gasteiger partial charge is 0.355 e. The van der Waals surface area contributed by atoms with Gasteiger partial charge in [-0.3, -0.25) is 14.0 Å². The van der Waals surface area contributed by atoms with Crippen molar-refractivity contribution in [3.05, 3.63) is 64.9 Å². The lowest BCUT2D eigenvalue weighted by atomic mass is 9.97. The van der Waals surface area contributed by atoms with Gasteiger partial charge in [0.15, 0.2) is 0 Å². The van der Waals surface area contributed by atoms with Crippen LogP contribution in [0.25, 0.3) is 11.3 Å². The molecule has 1 N–H and O–H groups in total. The summed E-state index contributed by atoms with van der Waals surface area (Å²) in [7, 11) is 3.87. The summed E-state index contributed by atoms with van der Waals surface area (Å²) in [5.74, 6) is 2.05. The van der Waals surface area contributed by atoms with Crippen molar-refractivity contribution in [1.82, 2.24) is 39.3 Å². The number of unbranched alkanes of at least 4 members (excludes halogenated alkanes) is 2. The Labute approximate surface area is 235 Å². The SMILES string of the molecule is CCCCCN1c2cc(-c3cnn(Cc4ccc5c(c4)CCN(C(=O)CN(C)C)C5)c3)[nH]c2Cn2c(C)nnc21. The van der Waals surface area contributed by atoms with Crippen LogP contribution in [-0.2, 0) is 30.8 Å². The maximum atomic E-state index is 12.5. The Morgan fingerprint density at radius 3 is 2.80 bits per heavy atom. The second-order valence-corrected chi connectivity index (χ2v) is 11.4. The highest BCUT2D eigenvalue weighted by atomic mass is 16.2. The molecule has 0 fully saturated rings. The first-order chi connectivity index (χ1) is 19.4. The Hall–Kier alpha value is -3.92. The summed E-state index contributed by atoms with van der Waals surface area (Å²) in [6.07, 6.45) is 8.44. The molecule has 6 rings (SSSR count). The lowest BCUT2D eigenvalue weighted by Crippen LogP contribution is -2.40. The number of aromatic amines is 1. The topological polar surface area (TPSA) is 91.1 Å². The number of likely N-dealkylation sites (N-methyl/N-ethyl adjacent to an activating group) is 1. The van der Waals surface area contributed by atoms with Crippen LogP contribution in [0.5, 0.6) is 0 Å². The van der Waals surface area contributed by atoms with Crippen LogP contribution < -0.4 is 4.90 Å². The second-order valence-electron chi connectivity index (χ2n) is 11.4. The van der Waals surface area contributed by atoms with E-state index in [0.717, 1.165) is 55.5 Å². The first-order valence-electron chi connectivity index (χ1n) is 14.3. The van der Waals surface area contributed by atoms with Gasteiger partial charge in [0.1, 0.15) is 5.82 Å². The average Bonchev–Trinajstić information content (AvgIpc) is 3.67. The normalized spacial score (nSPS) is 14.4. The van der Waals surface area contributed by atoms with Gasteiger partial charge >= 0.3 is 0 Å². The number of rotatable bonds is 9. The van der Waals surface area contributed by atoms with E-state index in [9.17, 15) is 4.79 Å². The van der Waals surface area contributed by atoms with E-state index >= 15 is 0 Å². The van der Waals surface area contributed by atoms with Gasteiger partial charge in [-0.25, -0.2) is 0 Å². The Morgan fingerprint density at radius 2 is 1.98 bits per heavy atom. The standard InChI is InChI=1S/C30H39N9O/c1-5-6-7-11-38-28-14-26(32-27(28)19-39-21(2)33-34-30(38)39)25-15-31-37(18-25)16-22-8-9-24-17-36(12-10-23(24)13-22)29(40)20-35(3)4/h8-9,13-15,18,32H,5-7,10-12,16-17,19-20H2,1-4H3. The molecule has 0 aliphatic carbocycles. The van der Waals surface area contributed by atoms with Crippen molar-refractivity contribution >= 4 is 17.5 Å². The highest BCUT2D eigenvalue weighted by Gasteiger charge is 2.28. The number of aryl methyl sites for hydroxylation is 1. The maximum Gasteiger partial charge on any atom is 0.237 e. The predicted octanol–water partition coefficient (Wildman–Crippen LogP) is 3.96. The van der Waals surface area contributed by atoms with Crippen LogP contribution in [-0.4, -0.2) is 79.0 Å². The summed E-state index contributed by atoms with van der Waals surface area (Å²) in [4.78, 5) is 22.4. The smallest absolute Gasteiger partial charge is 0.237 e. The predicted molar refractivity (Wildman–Crippen MR) is 156 cm³/mol. The number of benzene rings is 1. The molecule has 0 atom stereocenters. The summed E-state index contributed by atoms with van der Waals surface area (Å²) < 4.78 is 4.19. The van der Waals surface area contributed by atoms with Crippen LogP contribution in [0.2, 0.25) is 0 Å². The molecule has 3 aromatic heterocycles. The fourth-order valence-electron chi connectivity index (χ4n) is 5.83. The fraction of sp³-hybridized carbons (Fsp3) is 0.467. The average molecular weight is 542 g/mol. The first-order valence-corrected chi connectivity index (χ1v) is 14.3. The van der Waals surface area contributed by atoms with Crippen LogP contribution in [0.1, 0.15) is 54.4 Å². The molecule has 5 heterocycles. The maximum absolute atomic E-state index is 12.5. The van der Waals surface area contributed by atoms with Crippen LogP contribution in [0.3, 0.4) is 0 Å². The van der Waals surface area contributed by atoms with Gasteiger partial charge in [-0.15, -0.1) is 10.2 Å². The molecule has 10 heteroatoms. The third-order valence-corrected chi connectivity index (χ3v) is 8.00. The van der Waals surface area contributed by atoms with E-state index in [1.54, 1.807) is 0 Å². The lowest BCUT2D eigenvalue weighted by molar-refractivity contribution is -0.132. The number of hydrogen-bond donors (Lipinski definition) is 1. The third kappa shape index (κ3) is 5.15. The number of nitrogens with zero attached hydrogens (tertiary/aromatic N) is 8. The third-order valence-electron chi connectivity index (χ3n) is 8.00. The molecule has 2 aliphatic rings. The zero-order valence-corrected chi connectivity index (χ0v) is 24.0. The molecule has 0 bridgehead atoms. The molecule has 2 aliphatic heterocycles. The molecule has 0 saturated heterocycles. The molecule has 0 unspecified atom stereocenters. The molecule has 0 radical (unpaired) electrons. The minimum atomic E-state index is 0.190. The van der Waals surface area contributed by atoms with Crippen molar-refractivity contribution in [2.75, 3.05) is 38.6 Å².